The van der Waals surface area contributed by atoms with Gasteiger partial charge in [-0.25, -0.2) is 18.3 Å². The normalized spacial score (nSPS) is 25.0. The van der Waals surface area contributed by atoms with E-state index in [1.807, 2.05) is 20.0 Å². The van der Waals surface area contributed by atoms with Gasteiger partial charge in [-0.05, 0) is 13.8 Å². The van der Waals surface area contributed by atoms with E-state index < -0.39 is 11.8 Å². The van der Waals surface area contributed by atoms with Crippen molar-refractivity contribution in [3.63, 3.8) is 0 Å². The quantitative estimate of drug-likeness (QED) is 0.792. The van der Waals surface area contributed by atoms with Gasteiger partial charge >= 0.3 is 5.69 Å². The molecule has 1 saturated carbocycles. The van der Waals surface area contributed by atoms with Crippen LogP contribution in [0.3, 0.4) is 0 Å². The number of thiazole rings is 1. The first kappa shape index (κ1) is 16.8. The van der Waals surface area contributed by atoms with Crippen molar-refractivity contribution in [1.82, 2.24) is 24.2 Å². The highest BCUT2D eigenvalue weighted by Crippen LogP contribution is 2.49. The number of alkyl halides is 2. The highest BCUT2D eigenvalue weighted by atomic mass is 32.2. The molecule has 0 aromatic carbocycles. The summed E-state index contributed by atoms with van der Waals surface area (Å²) in [4.78, 5) is 21.1. The summed E-state index contributed by atoms with van der Waals surface area (Å²) in [6.45, 7) is 4.64. The van der Waals surface area contributed by atoms with E-state index in [0.717, 1.165) is 20.2 Å². The molecule has 2 unspecified atom stereocenters. The van der Waals surface area contributed by atoms with Crippen LogP contribution < -0.4 is 5.69 Å². The molecule has 2 aromatic heterocycles. The molecule has 0 N–H and O–H groups in total. The largest absolute Gasteiger partial charge is 0.348 e. The van der Waals surface area contributed by atoms with Crippen LogP contribution in [0, 0.1) is 5.92 Å². The molecule has 3 heterocycles. The number of rotatable bonds is 5. The second kappa shape index (κ2) is 5.94. The zero-order valence-corrected chi connectivity index (χ0v) is 15.4. The van der Waals surface area contributed by atoms with Crippen LogP contribution in [0.25, 0.3) is 0 Å². The molecule has 0 radical (unpaired) electrons. The Balaban J connectivity index is 1.58. The van der Waals surface area contributed by atoms with E-state index in [1.54, 1.807) is 28.6 Å². The lowest BCUT2D eigenvalue weighted by atomic mass is 10.3. The lowest BCUT2D eigenvalue weighted by Crippen LogP contribution is -2.33. The van der Waals surface area contributed by atoms with Crippen molar-refractivity contribution in [2.24, 2.45) is 5.92 Å². The molecule has 4 rings (SSSR count). The van der Waals surface area contributed by atoms with Crippen molar-refractivity contribution >= 4 is 23.1 Å². The first-order valence-corrected chi connectivity index (χ1v) is 9.62. The zero-order valence-electron chi connectivity index (χ0n) is 13.7. The third-order valence-electron chi connectivity index (χ3n) is 4.64. The number of thioether (sulfide) groups is 1. The van der Waals surface area contributed by atoms with Crippen LogP contribution in [0.5, 0.6) is 0 Å². The van der Waals surface area contributed by atoms with E-state index in [2.05, 4.69) is 15.0 Å². The van der Waals surface area contributed by atoms with E-state index in [-0.39, 0.29) is 24.2 Å². The molecule has 2 aliphatic rings. The molecule has 0 saturated heterocycles. The van der Waals surface area contributed by atoms with Gasteiger partial charge in [0.15, 0.2) is 5.50 Å². The van der Waals surface area contributed by atoms with E-state index in [0.29, 0.717) is 6.54 Å². The minimum atomic E-state index is -2.65. The molecule has 6 nitrogen and oxygen atoms in total. The summed E-state index contributed by atoms with van der Waals surface area (Å²) in [7, 11) is 0. The van der Waals surface area contributed by atoms with Gasteiger partial charge < -0.3 is 4.90 Å². The van der Waals surface area contributed by atoms with Crippen molar-refractivity contribution in [3.8, 4) is 0 Å². The number of aromatic nitrogens is 4. The monoisotopic (exact) mass is 385 g/mol. The van der Waals surface area contributed by atoms with Crippen LogP contribution in [0.4, 0.5) is 8.78 Å². The lowest BCUT2D eigenvalue weighted by Gasteiger charge is -2.27. The fourth-order valence-corrected chi connectivity index (χ4v) is 4.68. The second-order valence-corrected chi connectivity index (χ2v) is 8.59. The van der Waals surface area contributed by atoms with Crippen molar-refractivity contribution in [1.29, 1.82) is 0 Å². The molecule has 10 heteroatoms. The number of allylic oxidation sites excluding steroid dienone is 2. The molecular weight excluding hydrogens is 368 g/mol. The Kier molecular flexibility index (Phi) is 3.99. The lowest BCUT2D eigenvalue weighted by molar-refractivity contribution is 0.0939. The van der Waals surface area contributed by atoms with Gasteiger partial charge in [-0.15, -0.1) is 11.3 Å². The molecule has 1 aliphatic heterocycles. The van der Waals surface area contributed by atoms with Crippen molar-refractivity contribution in [3.05, 3.63) is 44.0 Å². The Hall–Kier alpha value is -1.68. The topological polar surface area (TPSA) is 56.0 Å². The van der Waals surface area contributed by atoms with Crippen LogP contribution >= 0.6 is 23.1 Å². The third-order valence-corrected chi connectivity index (χ3v) is 6.75. The first-order chi connectivity index (χ1) is 11.9. The Morgan fingerprint density at radius 3 is 2.80 bits per heavy atom. The summed E-state index contributed by atoms with van der Waals surface area (Å²) in [6.07, 6.45) is 3.10. The molecule has 0 spiro atoms. The van der Waals surface area contributed by atoms with E-state index in [1.165, 1.54) is 10.9 Å². The Bertz CT molecular complexity index is 873. The average Bonchev–Trinajstić information content (AvgIpc) is 2.99. The Morgan fingerprint density at radius 1 is 1.40 bits per heavy atom. The van der Waals surface area contributed by atoms with Gasteiger partial charge in [0.05, 0.1) is 18.6 Å². The maximum atomic E-state index is 13.1. The van der Waals surface area contributed by atoms with Gasteiger partial charge in [0.1, 0.15) is 6.33 Å². The van der Waals surface area contributed by atoms with Crippen molar-refractivity contribution in [2.75, 3.05) is 0 Å². The maximum Gasteiger partial charge on any atom is 0.348 e. The Morgan fingerprint density at radius 2 is 2.16 bits per heavy atom. The number of hydrogen-bond donors (Lipinski definition) is 0. The van der Waals surface area contributed by atoms with Crippen LogP contribution in [0.1, 0.15) is 30.6 Å². The van der Waals surface area contributed by atoms with Gasteiger partial charge in [-0.1, -0.05) is 11.8 Å². The molecule has 0 amide bonds. The molecule has 2 aromatic rings. The summed E-state index contributed by atoms with van der Waals surface area (Å²) >= 11 is 3.13. The van der Waals surface area contributed by atoms with E-state index in [9.17, 15) is 13.6 Å². The summed E-state index contributed by atoms with van der Waals surface area (Å²) in [6, 6.07) is 0. The van der Waals surface area contributed by atoms with Gasteiger partial charge in [-0.3, -0.25) is 9.55 Å². The van der Waals surface area contributed by atoms with Crippen LogP contribution in [-0.2, 0) is 13.1 Å². The van der Waals surface area contributed by atoms with Gasteiger partial charge in [-0.2, -0.15) is 5.10 Å². The fourth-order valence-electron chi connectivity index (χ4n) is 2.87. The molecule has 1 fully saturated rings. The zero-order chi connectivity index (χ0) is 17.8. The summed E-state index contributed by atoms with van der Waals surface area (Å²) in [5.74, 6) is -3.43. The standard InChI is InChI=1S/C15H17F2N5OS2/c1-9-10(2)25-14(20(9)6-12-4-18-8-24-12)21-7-19-22(13(21)23)5-11-3-15(11,16)17/h4,7-8,11,14H,3,5-6H2,1-2H3. The third kappa shape index (κ3) is 3.01. The SMILES string of the molecule is CC1=C(C)N(Cc2cncs2)C(n2cnn(CC3CC3(F)F)c2=O)S1. The molecule has 2 atom stereocenters. The highest BCUT2D eigenvalue weighted by molar-refractivity contribution is 8.03. The summed E-state index contributed by atoms with van der Waals surface area (Å²) in [5, 5.41) is 4.05. The van der Waals surface area contributed by atoms with E-state index in [4.69, 9.17) is 0 Å². The number of halogens is 2. The Labute approximate surface area is 151 Å². The smallest absolute Gasteiger partial charge is 0.340 e. The summed E-state index contributed by atoms with van der Waals surface area (Å²) < 4.78 is 28.9. The minimum Gasteiger partial charge on any atom is -0.340 e. The average molecular weight is 385 g/mol. The molecule has 1 aliphatic carbocycles. The van der Waals surface area contributed by atoms with Crippen molar-refractivity contribution < 1.29 is 8.78 Å². The van der Waals surface area contributed by atoms with Crippen LogP contribution in [-0.4, -0.2) is 30.2 Å². The predicted octanol–water partition coefficient (Wildman–Crippen LogP) is 3.11. The molecular formula is C15H17F2N5OS2. The first-order valence-electron chi connectivity index (χ1n) is 7.87. The van der Waals surface area contributed by atoms with Crippen LogP contribution in [0.15, 0.2) is 33.4 Å². The van der Waals surface area contributed by atoms with Gasteiger partial charge in [0.25, 0.3) is 5.92 Å². The molecule has 0 bridgehead atoms. The van der Waals surface area contributed by atoms with Gasteiger partial charge in [0.2, 0.25) is 0 Å². The second-order valence-electron chi connectivity index (χ2n) is 6.35. The van der Waals surface area contributed by atoms with E-state index >= 15 is 0 Å². The minimum absolute atomic E-state index is 0.0313. The predicted molar refractivity (Wildman–Crippen MR) is 92.2 cm³/mol. The number of nitrogens with zero attached hydrogens (tertiary/aromatic N) is 5. The maximum absolute atomic E-state index is 13.1. The molecule has 134 valence electrons. The summed E-state index contributed by atoms with van der Waals surface area (Å²) in [5.41, 5.74) is 2.26. The fraction of sp³-hybridized carbons (Fsp3) is 0.533. The van der Waals surface area contributed by atoms with Gasteiger partial charge in [0, 0.05) is 34.0 Å². The number of hydrogen-bond acceptors (Lipinski definition) is 6. The van der Waals surface area contributed by atoms with Crippen LogP contribution in [0.2, 0.25) is 0 Å². The van der Waals surface area contributed by atoms with Crippen molar-refractivity contribution in [2.45, 2.75) is 44.8 Å². The highest BCUT2D eigenvalue weighted by Gasteiger charge is 2.57. The molecule has 25 heavy (non-hydrogen) atoms.